The summed E-state index contributed by atoms with van der Waals surface area (Å²) in [7, 11) is 1.57. The maximum atomic E-state index is 14.3. The Balaban J connectivity index is 1.48. The fourth-order valence-electron chi connectivity index (χ4n) is 5.15. The molecule has 2 unspecified atom stereocenters. The summed E-state index contributed by atoms with van der Waals surface area (Å²) in [6.07, 6.45) is 4.73. The van der Waals surface area contributed by atoms with Gasteiger partial charge in [0.05, 0.1) is 18.3 Å². The first kappa shape index (κ1) is 21.6. The Morgan fingerprint density at radius 1 is 1.27 bits per heavy atom. The summed E-state index contributed by atoms with van der Waals surface area (Å²) in [6.45, 7) is 8.02. The fourth-order valence-corrected chi connectivity index (χ4v) is 5.15. The maximum absolute atomic E-state index is 14.3. The number of allylic oxidation sites excluding steroid dienone is 1. The number of likely N-dealkylation sites (tertiary alicyclic amines) is 1. The molecule has 1 amide bonds. The van der Waals surface area contributed by atoms with Crippen molar-refractivity contribution in [2.24, 2.45) is 11.8 Å². The lowest BCUT2D eigenvalue weighted by molar-refractivity contribution is 0.0958. The largest absolute Gasteiger partial charge is 0.388 e. The standard InChI is InChI=1S/C25H27F2N5O/c1-15-20-5-6-31(11-17(20)9-29-15)12-18-14-32(13-16-3-4-19(26)7-22(16)27)24-10-30-23(8-21(18)24)25(33)28-2/h3-4,7-8,10,14,17,20,29H,1,5-6,9,11-13H2,2H3,(H,28,33). The second-order valence-electron chi connectivity index (χ2n) is 8.98. The molecule has 8 heteroatoms. The van der Waals surface area contributed by atoms with E-state index in [0.717, 1.165) is 60.8 Å². The van der Waals surface area contributed by atoms with E-state index in [1.807, 2.05) is 10.8 Å². The van der Waals surface area contributed by atoms with Crippen molar-refractivity contribution in [1.82, 2.24) is 25.1 Å². The fraction of sp³-hybridized carbons (Fsp3) is 0.360. The van der Waals surface area contributed by atoms with Gasteiger partial charge in [-0.15, -0.1) is 0 Å². The molecule has 0 radical (unpaired) electrons. The molecule has 0 saturated carbocycles. The van der Waals surface area contributed by atoms with Gasteiger partial charge >= 0.3 is 0 Å². The van der Waals surface area contributed by atoms with Crippen LogP contribution in [-0.4, -0.2) is 47.0 Å². The van der Waals surface area contributed by atoms with Gasteiger partial charge in [-0.1, -0.05) is 12.6 Å². The lowest BCUT2D eigenvalue weighted by Gasteiger charge is -2.34. The predicted molar refractivity (Wildman–Crippen MR) is 123 cm³/mol. The van der Waals surface area contributed by atoms with Crippen molar-refractivity contribution in [3.63, 3.8) is 0 Å². The number of rotatable bonds is 5. The van der Waals surface area contributed by atoms with Crippen LogP contribution in [0.25, 0.3) is 10.9 Å². The highest BCUT2D eigenvalue weighted by atomic mass is 19.1. The molecule has 0 spiro atoms. The maximum Gasteiger partial charge on any atom is 0.269 e. The Morgan fingerprint density at radius 3 is 2.91 bits per heavy atom. The number of carbonyl (C=O) groups is 1. The van der Waals surface area contributed by atoms with E-state index in [0.29, 0.717) is 23.1 Å². The number of aromatic nitrogens is 2. The third-order valence-electron chi connectivity index (χ3n) is 6.92. The number of piperidine rings is 1. The van der Waals surface area contributed by atoms with Gasteiger partial charge in [-0.2, -0.15) is 0 Å². The van der Waals surface area contributed by atoms with Gasteiger partial charge in [-0.3, -0.25) is 9.69 Å². The van der Waals surface area contributed by atoms with Crippen molar-refractivity contribution in [3.8, 4) is 0 Å². The summed E-state index contributed by atoms with van der Waals surface area (Å²) in [4.78, 5) is 18.9. The number of carbonyl (C=O) groups excluding carboxylic acids is 1. The monoisotopic (exact) mass is 451 g/mol. The minimum atomic E-state index is -0.598. The topological polar surface area (TPSA) is 62.2 Å². The zero-order valence-corrected chi connectivity index (χ0v) is 18.6. The molecule has 172 valence electrons. The van der Waals surface area contributed by atoms with E-state index < -0.39 is 11.6 Å². The number of pyridine rings is 1. The lowest BCUT2D eigenvalue weighted by Crippen LogP contribution is -2.39. The summed E-state index contributed by atoms with van der Waals surface area (Å²) in [5, 5.41) is 6.94. The van der Waals surface area contributed by atoms with E-state index in [1.54, 1.807) is 19.3 Å². The SMILES string of the molecule is C=C1NCC2CN(Cc3cn(Cc4ccc(F)cc4F)c4cnc(C(=O)NC)cc34)CCC12. The molecule has 5 rings (SSSR count). The minimum Gasteiger partial charge on any atom is -0.388 e. The van der Waals surface area contributed by atoms with Crippen molar-refractivity contribution in [3.05, 3.63) is 77.4 Å². The quantitative estimate of drug-likeness (QED) is 0.625. The first-order valence-corrected chi connectivity index (χ1v) is 11.2. The molecule has 2 atom stereocenters. The summed E-state index contributed by atoms with van der Waals surface area (Å²) in [6, 6.07) is 5.43. The number of amides is 1. The van der Waals surface area contributed by atoms with E-state index in [9.17, 15) is 13.6 Å². The van der Waals surface area contributed by atoms with Crippen LogP contribution in [0.2, 0.25) is 0 Å². The zero-order valence-electron chi connectivity index (χ0n) is 18.6. The van der Waals surface area contributed by atoms with Crippen LogP contribution in [0.1, 0.15) is 28.0 Å². The van der Waals surface area contributed by atoms with Crippen molar-refractivity contribution in [2.75, 3.05) is 26.7 Å². The molecule has 2 fully saturated rings. The van der Waals surface area contributed by atoms with Gasteiger partial charge in [0.2, 0.25) is 0 Å². The Hall–Kier alpha value is -3.26. The molecule has 33 heavy (non-hydrogen) atoms. The van der Waals surface area contributed by atoms with Crippen LogP contribution in [0, 0.1) is 23.5 Å². The predicted octanol–water partition coefficient (Wildman–Crippen LogP) is 3.28. The van der Waals surface area contributed by atoms with Crippen LogP contribution in [-0.2, 0) is 13.1 Å². The van der Waals surface area contributed by atoms with E-state index in [1.165, 1.54) is 12.1 Å². The van der Waals surface area contributed by atoms with E-state index >= 15 is 0 Å². The molecule has 2 aliphatic rings. The molecule has 2 N–H and O–H groups in total. The molecule has 0 aliphatic carbocycles. The molecule has 1 aromatic carbocycles. The number of benzene rings is 1. The highest BCUT2D eigenvalue weighted by Gasteiger charge is 2.35. The molecule has 2 aliphatic heterocycles. The van der Waals surface area contributed by atoms with Gasteiger partial charge in [0, 0.05) is 61.5 Å². The Labute approximate surface area is 191 Å². The number of nitrogens with zero attached hydrogens (tertiary/aromatic N) is 3. The highest BCUT2D eigenvalue weighted by Crippen LogP contribution is 2.34. The zero-order chi connectivity index (χ0) is 23.1. The average molecular weight is 452 g/mol. The van der Waals surface area contributed by atoms with Crippen LogP contribution in [0.4, 0.5) is 8.78 Å². The van der Waals surface area contributed by atoms with Crippen molar-refractivity contribution in [2.45, 2.75) is 19.5 Å². The number of halogens is 2. The summed E-state index contributed by atoms with van der Waals surface area (Å²) in [5.41, 5.74) is 3.76. The normalized spacial score (nSPS) is 20.6. The Bertz CT molecular complexity index is 1240. The number of nitrogens with one attached hydrogen (secondary N) is 2. The first-order valence-electron chi connectivity index (χ1n) is 11.2. The van der Waals surface area contributed by atoms with Crippen molar-refractivity contribution in [1.29, 1.82) is 0 Å². The molecule has 4 heterocycles. The van der Waals surface area contributed by atoms with Gasteiger partial charge in [0.1, 0.15) is 17.3 Å². The van der Waals surface area contributed by atoms with E-state index in [-0.39, 0.29) is 12.5 Å². The van der Waals surface area contributed by atoms with Gasteiger partial charge in [0.25, 0.3) is 5.91 Å². The van der Waals surface area contributed by atoms with Crippen LogP contribution in [0.15, 0.2) is 48.9 Å². The highest BCUT2D eigenvalue weighted by molar-refractivity contribution is 5.96. The van der Waals surface area contributed by atoms with Crippen molar-refractivity contribution >= 4 is 16.8 Å². The summed E-state index contributed by atoms with van der Waals surface area (Å²) < 4.78 is 29.6. The molecular weight excluding hydrogens is 424 g/mol. The van der Waals surface area contributed by atoms with Crippen LogP contribution in [0.5, 0.6) is 0 Å². The third kappa shape index (κ3) is 4.11. The van der Waals surface area contributed by atoms with Crippen LogP contribution < -0.4 is 10.6 Å². The van der Waals surface area contributed by atoms with Crippen LogP contribution in [0.3, 0.4) is 0 Å². The first-order chi connectivity index (χ1) is 15.9. The van der Waals surface area contributed by atoms with Crippen molar-refractivity contribution < 1.29 is 13.6 Å². The summed E-state index contributed by atoms with van der Waals surface area (Å²) >= 11 is 0. The second kappa shape index (κ2) is 8.59. The number of hydrogen-bond acceptors (Lipinski definition) is 4. The van der Waals surface area contributed by atoms with Gasteiger partial charge in [0.15, 0.2) is 0 Å². The van der Waals surface area contributed by atoms with E-state index in [4.69, 9.17) is 0 Å². The molecule has 6 nitrogen and oxygen atoms in total. The van der Waals surface area contributed by atoms with E-state index in [2.05, 4.69) is 27.1 Å². The average Bonchev–Trinajstić information content (AvgIpc) is 3.34. The second-order valence-corrected chi connectivity index (χ2v) is 8.98. The van der Waals surface area contributed by atoms with Crippen LogP contribution >= 0.6 is 0 Å². The van der Waals surface area contributed by atoms with Gasteiger partial charge < -0.3 is 15.2 Å². The Kier molecular flexibility index (Phi) is 5.62. The minimum absolute atomic E-state index is 0.248. The number of hydrogen-bond donors (Lipinski definition) is 2. The smallest absolute Gasteiger partial charge is 0.269 e. The summed E-state index contributed by atoms with van der Waals surface area (Å²) in [5.74, 6) is -0.344. The third-order valence-corrected chi connectivity index (χ3v) is 6.92. The number of fused-ring (bicyclic) bond motifs is 2. The molecule has 2 saturated heterocycles. The molecule has 0 bridgehead atoms. The van der Waals surface area contributed by atoms with Gasteiger partial charge in [-0.05, 0) is 36.6 Å². The molecule has 2 aromatic heterocycles. The van der Waals surface area contributed by atoms with Gasteiger partial charge in [-0.25, -0.2) is 13.8 Å². The molecular formula is C25H27F2N5O. The lowest BCUT2D eigenvalue weighted by atomic mass is 9.87. The Morgan fingerprint density at radius 2 is 2.12 bits per heavy atom. The molecule has 3 aromatic rings.